The van der Waals surface area contributed by atoms with E-state index in [9.17, 15) is 14.7 Å². The number of thioether (sulfide) groups is 1. The summed E-state index contributed by atoms with van der Waals surface area (Å²) in [4.78, 5) is 23.4. The number of aliphatic hydroxyl groups is 1. The highest BCUT2D eigenvalue weighted by Crippen LogP contribution is 2.28. The number of rotatable bonds is 15. The Labute approximate surface area is 168 Å². The van der Waals surface area contributed by atoms with Crippen molar-refractivity contribution in [2.45, 2.75) is 77.4 Å². The Morgan fingerprint density at radius 1 is 1.15 bits per heavy atom. The van der Waals surface area contributed by atoms with Crippen LogP contribution in [-0.2, 0) is 19.1 Å². The number of nitrogens with one attached hydrogen (secondary N) is 1. The predicted molar refractivity (Wildman–Crippen MR) is 109 cm³/mol. The molecule has 0 radical (unpaired) electrons. The first-order valence-electron chi connectivity index (χ1n) is 10.4. The Morgan fingerprint density at radius 3 is 2.52 bits per heavy atom. The average Bonchev–Trinajstić information content (AvgIpc) is 3.18. The Hall–Kier alpha value is -0.790. The second kappa shape index (κ2) is 15.2. The monoisotopic (exact) mass is 403 g/mol. The van der Waals surface area contributed by atoms with Gasteiger partial charge in [-0.15, -0.1) is 0 Å². The van der Waals surface area contributed by atoms with Crippen LogP contribution in [0.2, 0.25) is 0 Å². The molecule has 0 heterocycles. The number of hydrogen-bond acceptors (Lipinski definition) is 7. The highest BCUT2D eigenvalue weighted by molar-refractivity contribution is 7.99. The number of hydrogen-bond donors (Lipinski definition) is 2. The van der Waals surface area contributed by atoms with Crippen LogP contribution in [0, 0.1) is 5.92 Å². The van der Waals surface area contributed by atoms with Crippen molar-refractivity contribution in [3.63, 3.8) is 0 Å². The maximum atomic E-state index is 12.1. The molecule has 1 fully saturated rings. The molecule has 1 aliphatic rings. The molecule has 0 aromatic rings. The van der Waals surface area contributed by atoms with E-state index in [1.807, 2.05) is 6.92 Å². The fourth-order valence-electron chi connectivity index (χ4n) is 3.34. The van der Waals surface area contributed by atoms with Crippen molar-refractivity contribution in [1.29, 1.82) is 0 Å². The zero-order valence-electron chi connectivity index (χ0n) is 16.9. The van der Waals surface area contributed by atoms with Crippen molar-refractivity contribution in [2.24, 2.45) is 5.92 Å². The minimum atomic E-state index is -0.351. The lowest BCUT2D eigenvalue weighted by Crippen LogP contribution is -2.41. The quantitative estimate of drug-likeness (QED) is 0.321. The van der Waals surface area contributed by atoms with E-state index in [0.717, 1.165) is 31.4 Å². The molecule has 7 heteroatoms. The number of ether oxygens (including phenoxy) is 2. The summed E-state index contributed by atoms with van der Waals surface area (Å²) in [5, 5.41) is 13.5. The molecule has 0 aliphatic heterocycles. The van der Waals surface area contributed by atoms with Crippen molar-refractivity contribution in [2.75, 3.05) is 31.3 Å². The van der Waals surface area contributed by atoms with Crippen LogP contribution in [0.5, 0.6) is 0 Å². The topological polar surface area (TPSA) is 84.9 Å². The molecule has 0 saturated heterocycles. The van der Waals surface area contributed by atoms with Crippen LogP contribution in [0.4, 0.5) is 0 Å². The number of esters is 2. The van der Waals surface area contributed by atoms with Gasteiger partial charge in [-0.3, -0.25) is 9.59 Å². The molecule has 27 heavy (non-hydrogen) atoms. The summed E-state index contributed by atoms with van der Waals surface area (Å²) < 4.78 is 10.1. The number of carbonyl (C=O) groups is 2. The molecule has 1 saturated carbocycles. The number of aliphatic hydroxyl groups excluding tert-OH is 1. The molecule has 0 bridgehead atoms. The summed E-state index contributed by atoms with van der Waals surface area (Å²) in [5.74, 6) is 1.57. The average molecular weight is 404 g/mol. The molecule has 1 rings (SSSR count). The zero-order valence-corrected chi connectivity index (χ0v) is 17.7. The van der Waals surface area contributed by atoms with Gasteiger partial charge < -0.3 is 19.9 Å². The first-order chi connectivity index (χ1) is 13.1. The van der Waals surface area contributed by atoms with Gasteiger partial charge in [0, 0.05) is 12.2 Å². The van der Waals surface area contributed by atoms with Gasteiger partial charge in [0.2, 0.25) is 0 Å². The second-order valence-electron chi connectivity index (χ2n) is 7.00. The van der Waals surface area contributed by atoms with Gasteiger partial charge in [-0.1, -0.05) is 12.8 Å². The molecular formula is C20H37NO5S. The minimum Gasteiger partial charge on any atom is -0.466 e. The van der Waals surface area contributed by atoms with Crippen LogP contribution in [-0.4, -0.2) is 60.5 Å². The van der Waals surface area contributed by atoms with Crippen molar-refractivity contribution >= 4 is 23.7 Å². The summed E-state index contributed by atoms with van der Waals surface area (Å²) in [6.07, 6.45) is 7.22. The third kappa shape index (κ3) is 11.0. The lowest BCUT2D eigenvalue weighted by molar-refractivity contribution is -0.145. The SMILES string of the molecule is CCOC(=O)CCCCSCC(NCCC(O)C1CCCC1)C(=O)OCC. The van der Waals surface area contributed by atoms with Crippen LogP contribution < -0.4 is 5.32 Å². The third-order valence-corrected chi connectivity index (χ3v) is 6.00. The lowest BCUT2D eigenvalue weighted by atomic mass is 9.98. The fourth-order valence-corrected chi connectivity index (χ4v) is 4.41. The Kier molecular flexibility index (Phi) is 13.6. The summed E-state index contributed by atoms with van der Waals surface area (Å²) in [7, 11) is 0. The van der Waals surface area contributed by atoms with Gasteiger partial charge in [-0.05, 0) is 64.2 Å². The van der Waals surface area contributed by atoms with Crippen molar-refractivity contribution in [1.82, 2.24) is 5.32 Å². The van der Waals surface area contributed by atoms with E-state index >= 15 is 0 Å². The Balaban J connectivity index is 2.21. The summed E-state index contributed by atoms with van der Waals surface area (Å²) in [6.45, 7) is 5.02. The van der Waals surface area contributed by atoms with Crippen molar-refractivity contribution < 1.29 is 24.2 Å². The van der Waals surface area contributed by atoms with Gasteiger partial charge in [0.05, 0.1) is 19.3 Å². The second-order valence-corrected chi connectivity index (χ2v) is 8.15. The van der Waals surface area contributed by atoms with E-state index < -0.39 is 0 Å². The Morgan fingerprint density at radius 2 is 1.85 bits per heavy atom. The van der Waals surface area contributed by atoms with Crippen LogP contribution in [0.15, 0.2) is 0 Å². The maximum Gasteiger partial charge on any atom is 0.323 e. The van der Waals surface area contributed by atoms with E-state index in [4.69, 9.17) is 9.47 Å². The first-order valence-corrected chi connectivity index (χ1v) is 11.5. The van der Waals surface area contributed by atoms with E-state index in [0.29, 0.717) is 44.3 Å². The summed E-state index contributed by atoms with van der Waals surface area (Å²) in [5.41, 5.74) is 0. The smallest absolute Gasteiger partial charge is 0.323 e. The van der Waals surface area contributed by atoms with Crippen LogP contribution in [0.1, 0.15) is 65.2 Å². The maximum absolute atomic E-state index is 12.1. The lowest BCUT2D eigenvalue weighted by Gasteiger charge is -2.21. The van der Waals surface area contributed by atoms with Crippen LogP contribution in [0.25, 0.3) is 0 Å². The van der Waals surface area contributed by atoms with Crippen LogP contribution in [0.3, 0.4) is 0 Å². The summed E-state index contributed by atoms with van der Waals surface area (Å²) >= 11 is 1.69. The van der Waals surface area contributed by atoms with E-state index in [2.05, 4.69) is 5.32 Å². The standard InChI is InChI=1S/C20H37NO5S/c1-3-25-19(23)11-7-8-14-27-15-17(20(24)26-4-2)21-13-12-18(22)16-9-5-6-10-16/h16-18,21-22H,3-15H2,1-2H3. The molecule has 0 aromatic heterocycles. The molecule has 0 spiro atoms. The summed E-state index contributed by atoms with van der Waals surface area (Å²) in [6, 6.07) is -0.351. The highest BCUT2D eigenvalue weighted by atomic mass is 32.2. The molecule has 2 atom stereocenters. The molecule has 0 amide bonds. The highest BCUT2D eigenvalue weighted by Gasteiger charge is 2.24. The van der Waals surface area contributed by atoms with Gasteiger partial charge in [-0.25, -0.2) is 0 Å². The van der Waals surface area contributed by atoms with Gasteiger partial charge in [0.1, 0.15) is 6.04 Å². The number of unbranched alkanes of at least 4 members (excludes halogenated alkanes) is 1. The van der Waals surface area contributed by atoms with Crippen LogP contribution >= 0.6 is 11.8 Å². The van der Waals surface area contributed by atoms with Gasteiger partial charge in [-0.2, -0.15) is 11.8 Å². The fraction of sp³-hybridized carbons (Fsp3) is 0.900. The molecular weight excluding hydrogens is 366 g/mol. The normalized spacial score (nSPS) is 16.9. The number of carbonyl (C=O) groups excluding carboxylic acids is 2. The first kappa shape index (κ1) is 24.2. The van der Waals surface area contributed by atoms with Crippen molar-refractivity contribution in [3.8, 4) is 0 Å². The van der Waals surface area contributed by atoms with E-state index in [1.54, 1.807) is 18.7 Å². The van der Waals surface area contributed by atoms with Crippen molar-refractivity contribution in [3.05, 3.63) is 0 Å². The van der Waals surface area contributed by atoms with E-state index in [-0.39, 0.29) is 24.1 Å². The van der Waals surface area contributed by atoms with Gasteiger partial charge in [0.15, 0.2) is 0 Å². The Bertz CT molecular complexity index is 415. The molecule has 2 unspecified atom stereocenters. The third-order valence-electron chi connectivity index (χ3n) is 4.86. The van der Waals surface area contributed by atoms with Gasteiger partial charge in [0.25, 0.3) is 0 Å². The van der Waals surface area contributed by atoms with E-state index in [1.165, 1.54) is 12.8 Å². The minimum absolute atomic E-state index is 0.144. The predicted octanol–water partition coefficient (Wildman–Crippen LogP) is 2.92. The molecule has 0 aromatic carbocycles. The molecule has 6 nitrogen and oxygen atoms in total. The molecule has 158 valence electrons. The largest absolute Gasteiger partial charge is 0.466 e. The molecule has 1 aliphatic carbocycles. The van der Waals surface area contributed by atoms with Gasteiger partial charge >= 0.3 is 11.9 Å². The molecule has 2 N–H and O–H groups in total. The zero-order chi connectivity index (χ0) is 19.9.